The minimum absolute atomic E-state index is 0.0984. The maximum Gasteiger partial charge on any atom is 0.305 e. The summed E-state index contributed by atoms with van der Waals surface area (Å²) >= 11 is 0. The van der Waals surface area contributed by atoms with Gasteiger partial charge in [0.25, 0.3) is 0 Å². The molecule has 6 nitrogen and oxygen atoms in total. The third-order valence-corrected chi connectivity index (χ3v) is 6.55. The second-order valence-corrected chi connectivity index (χ2v) is 9.44. The number of nitrogens with zero attached hydrogens (tertiary/aromatic N) is 3. The lowest BCUT2D eigenvalue weighted by atomic mass is 10.0. The van der Waals surface area contributed by atoms with Gasteiger partial charge in [0.2, 0.25) is 5.91 Å². The Labute approximate surface area is 213 Å². The molecule has 0 saturated heterocycles. The topological polar surface area (TPSA) is 72.4 Å². The summed E-state index contributed by atoms with van der Waals surface area (Å²) in [6, 6.07) is 16.7. The van der Waals surface area contributed by atoms with E-state index in [0.717, 1.165) is 53.9 Å². The normalized spacial score (nSPS) is 13.0. The quantitative estimate of drug-likeness (QED) is 0.252. The molecule has 0 atom stereocenters. The van der Waals surface area contributed by atoms with E-state index < -0.39 is 0 Å². The predicted molar refractivity (Wildman–Crippen MR) is 143 cm³/mol. The van der Waals surface area contributed by atoms with Crippen molar-refractivity contribution in [3.8, 4) is 22.5 Å². The summed E-state index contributed by atoms with van der Waals surface area (Å²) in [5, 5.41) is 0. The molecule has 0 fully saturated rings. The van der Waals surface area contributed by atoms with E-state index in [1.54, 1.807) is 0 Å². The number of rotatable bonds is 10. The molecule has 2 aromatic carbocycles. The second-order valence-electron chi connectivity index (χ2n) is 9.44. The van der Waals surface area contributed by atoms with E-state index >= 15 is 0 Å². The molecule has 0 N–H and O–H groups in total. The summed E-state index contributed by atoms with van der Waals surface area (Å²) in [4.78, 5) is 36.4. The van der Waals surface area contributed by atoms with Crippen LogP contribution in [-0.2, 0) is 20.7 Å². The lowest BCUT2D eigenvalue weighted by molar-refractivity contribution is -0.143. The Kier molecular flexibility index (Phi) is 8.47. The van der Waals surface area contributed by atoms with Crippen LogP contribution in [0.3, 0.4) is 0 Å². The molecule has 3 aromatic rings. The van der Waals surface area contributed by atoms with Gasteiger partial charge in [-0.15, -0.1) is 0 Å². The highest BCUT2D eigenvalue weighted by atomic mass is 16.5. The minimum atomic E-state index is -0.138. The number of fused-ring (bicyclic) bond motifs is 1. The van der Waals surface area contributed by atoms with Gasteiger partial charge in [0.15, 0.2) is 5.82 Å². The fourth-order valence-corrected chi connectivity index (χ4v) is 4.51. The number of hydrogen-bond acceptors (Lipinski definition) is 5. The highest BCUT2D eigenvalue weighted by Gasteiger charge is 2.28. The molecule has 6 heteroatoms. The van der Waals surface area contributed by atoms with Crippen molar-refractivity contribution in [3.05, 3.63) is 65.4 Å². The molecule has 36 heavy (non-hydrogen) atoms. The van der Waals surface area contributed by atoms with Gasteiger partial charge in [0.1, 0.15) is 0 Å². The molecule has 0 aliphatic carbocycles. The number of hydrogen-bond donors (Lipinski definition) is 0. The van der Waals surface area contributed by atoms with Crippen LogP contribution >= 0.6 is 0 Å². The van der Waals surface area contributed by atoms with Gasteiger partial charge in [-0.2, -0.15) is 0 Å². The third kappa shape index (κ3) is 6.17. The minimum Gasteiger partial charge on any atom is -0.466 e. The molecular weight excluding hydrogens is 450 g/mol. The number of aryl methyl sites for hydroxylation is 3. The summed E-state index contributed by atoms with van der Waals surface area (Å²) in [6.45, 7) is 6.99. The summed E-state index contributed by atoms with van der Waals surface area (Å²) in [6.07, 6.45) is 5.03. The molecule has 4 rings (SSSR count). The highest BCUT2D eigenvalue weighted by molar-refractivity contribution is 5.96. The Balaban J connectivity index is 1.57. The Bertz CT molecular complexity index is 1200. The molecule has 0 spiro atoms. The monoisotopic (exact) mass is 485 g/mol. The number of benzene rings is 2. The fourth-order valence-electron chi connectivity index (χ4n) is 4.51. The van der Waals surface area contributed by atoms with Crippen LogP contribution in [-0.4, -0.2) is 35.0 Å². The van der Waals surface area contributed by atoms with Crippen molar-refractivity contribution in [1.82, 2.24) is 9.97 Å². The lowest BCUT2D eigenvalue weighted by Gasteiger charge is -2.29. The van der Waals surface area contributed by atoms with E-state index in [-0.39, 0.29) is 11.9 Å². The van der Waals surface area contributed by atoms with Crippen LogP contribution in [0.5, 0.6) is 0 Å². The summed E-state index contributed by atoms with van der Waals surface area (Å²) in [7, 11) is 0. The zero-order valence-electron chi connectivity index (χ0n) is 21.5. The molecule has 1 aromatic heterocycles. The number of anilines is 1. The zero-order valence-corrected chi connectivity index (χ0v) is 21.5. The number of ether oxygens (including phenoxy) is 1. The largest absolute Gasteiger partial charge is 0.466 e. The van der Waals surface area contributed by atoms with E-state index in [9.17, 15) is 9.59 Å². The molecule has 188 valence electrons. The van der Waals surface area contributed by atoms with E-state index in [1.165, 1.54) is 11.1 Å². The molecular formula is C30H35N3O3. The first kappa shape index (κ1) is 25.5. The zero-order chi connectivity index (χ0) is 25.5. The van der Waals surface area contributed by atoms with Crippen LogP contribution in [0.15, 0.2) is 48.5 Å². The Morgan fingerprint density at radius 1 is 0.833 bits per heavy atom. The van der Waals surface area contributed by atoms with Crippen LogP contribution < -0.4 is 4.90 Å². The first-order valence-corrected chi connectivity index (χ1v) is 13.0. The average molecular weight is 486 g/mol. The van der Waals surface area contributed by atoms with E-state index in [2.05, 4.69) is 62.4 Å². The maximum atomic E-state index is 12.9. The average Bonchev–Trinajstić information content (AvgIpc) is 2.87. The van der Waals surface area contributed by atoms with Gasteiger partial charge in [-0.05, 0) is 33.6 Å². The number of unbranched alkanes of at least 4 members (excludes halogenated alkanes) is 3. The Hall–Kier alpha value is -3.54. The summed E-state index contributed by atoms with van der Waals surface area (Å²) < 4.78 is 4.99. The summed E-state index contributed by atoms with van der Waals surface area (Å²) in [5.41, 5.74) is 6.92. The van der Waals surface area contributed by atoms with Crippen molar-refractivity contribution in [2.75, 3.05) is 18.1 Å². The van der Waals surface area contributed by atoms with Crippen LogP contribution in [0, 0.1) is 13.8 Å². The standard InChI is InChI=1S/C30H35N3O3/c1-4-36-27(35)9-7-5-6-8-20-33-26(34)19-18-25-30(33)32-29(24-16-12-22(3)13-17-24)28(31-25)23-14-10-21(2)11-15-23/h10-17H,4-9,18-20H2,1-3H3. The van der Waals surface area contributed by atoms with Gasteiger partial charge in [0, 0.05) is 36.9 Å². The molecule has 1 amide bonds. The highest BCUT2D eigenvalue weighted by Crippen LogP contribution is 2.35. The van der Waals surface area contributed by atoms with E-state index in [0.29, 0.717) is 38.2 Å². The van der Waals surface area contributed by atoms with Crippen LogP contribution in [0.1, 0.15) is 62.3 Å². The first-order chi connectivity index (χ1) is 17.5. The van der Waals surface area contributed by atoms with Crippen molar-refractivity contribution in [2.24, 2.45) is 0 Å². The van der Waals surface area contributed by atoms with Crippen molar-refractivity contribution < 1.29 is 14.3 Å². The molecule has 1 aliphatic heterocycles. The Morgan fingerprint density at radius 2 is 1.42 bits per heavy atom. The van der Waals surface area contributed by atoms with Crippen LogP contribution in [0.2, 0.25) is 0 Å². The second kappa shape index (κ2) is 11.9. The van der Waals surface area contributed by atoms with Crippen LogP contribution in [0.4, 0.5) is 5.82 Å². The third-order valence-electron chi connectivity index (χ3n) is 6.55. The molecule has 0 saturated carbocycles. The van der Waals surface area contributed by atoms with Crippen molar-refractivity contribution >= 4 is 17.7 Å². The van der Waals surface area contributed by atoms with Gasteiger partial charge in [-0.3, -0.25) is 14.5 Å². The number of carbonyl (C=O) groups excluding carboxylic acids is 2. The molecule has 0 bridgehead atoms. The SMILES string of the molecule is CCOC(=O)CCCCCCN1C(=O)CCc2nc(-c3ccc(C)cc3)c(-c3ccc(C)cc3)nc21. The van der Waals surface area contributed by atoms with Gasteiger partial charge in [0.05, 0.1) is 23.7 Å². The van der Waals surface area contributed by atoms with Gasteiger partial charge >= 0.3 is 5.97 Å². The maximum absolute atomic E-state index is 12.9. The van der Waals surface area contributed by atoms with E-state index in [4.69, 9.17) is 14.7 Å². The number of amides is 1. The molecule has 0 radical (unpaired) electrons. The fraction of sp³-hybridized carbons (Fsp3) is 0.400. The summed E-state index contributed by atoms with van der Waals surface area (Å²) in [5.74, 6) is 0.645. The number of esters is 1. The van der Waals surface area contributed by atoms with Crippen molar-refractivity contribution in [1.29, 1.82) is 0 Å². The molecule has 0 unspecified atom stereocenters. The van der Waals surface area contributed by atoms with Gasteiger partial charge < -0.3 is 4.74 Å². The molecule has 2 heterocycles. The number of aromatic nitrogens is 2. The van der Waals surface area contributed by atoms with E-state index in [1.807, 2.05) is 11.8 Å². The van der Waals surface area contributed by atoms with Crippen molar-refractivity contribution in [3.63, 3.8) is 0 Å². The Morgan fingerprint density at radius 3 is 2.03 bits per heavy atom. The van der Waals surface area contributed by atoms with Crippen LogP contribution in [0.25, 0.3) is 22.5 Å². The molecule has 1 aliphatic rings. The predicted octanol–water partition coefficient (Wildman–Crippen LogP) is 6.22. The van der Waals surface area contributed by atoms with Gasteiger partial charge in [-0.25, -0.2) is 9.97 Å². The lowest BCUT2D eigenvalue weighted by Crippen LogP contribution is -2.37. The van der Waals surface area contributed by atoms with Gasteiger partial charge in [-0.1, -0.05) is 72.5 Å². The smallest absolute Gasteiger partial charge is 0.305 e. The first-order valence-electron chi connectivity index (χ1n) is 13.0. The van der Waals surface area contributed by atoms with Crippen molar-refractivity contribution in [2.45, 2.75) is 65.7 Å². The number of carbonyl (C=O) groups is 2.